The molecule has 2 heterocycles. The van der Waals surface area contributed by atoms with E-state index in [1.54, 1.807) is 0 Å². The summed E-state index contributed by atoms with van der Waals surface area (Å²) < 4.78 is 0. The Kier molecular flexibility index (Phi) is 2.61. The molecule has 1 aromatic heterocycles. The summed E-state index contributed by atoms with van der Waals surface area (Å²) in [6.45, 7) is 7.74. The zero-order valence-electron chi connectivity index (χ0n) is 9.95. The maximum Gasteiger partial charge on any atom is 0.276 e. The molecule has 1 aliphatic rings. The van der Waals surface area contributed by atoms with Crippen molar-refractivity contribution in [1.29, 1.82) is 0 Å². The van der Waals surface area contributed by atoms with E-state index in [0.717, 1.165) is 18.8 Å². The van der Waals surface area contributed by atoms with Gasteiger partial charge in [-0.25, -0.2) is 0 Å². The number of aromatic amines is 1. The average Bonchev–Trinajstić information content (AvgIpc) is 2.73. The number of carbonyl (C=O) groups is 1. The van der Waals surface area contributed by atoms with Gasteiger partial charge in [0, 0.05) is 13.1 Å². The van der Waals surface area contributed by atoms with Gasteiger partial charge in [0.1, 0.15) is 0 Å². The lowest BCUT2D eigenvalue weighted by Gasteiger charge is -2.14. The monoisotopic (exact) mass is 222 g/mol. The quantitative estimate of drug-likeness (QED) is 0.745. The first-order valence-corrected chi connectivity index (χ1v) is 5.60. The number of anilines is 1. The fourth-order valence-electron chi connectivity index (χ4n) is 2.05. The highest BCUT2D eigenvalue weighted by Crippen LogP contribution is 2.25. The number of aromatic nitrogens is 2. The van der Waals surface area contributed by atoms with Crippen LogP contribution in [0.25, 0.3) is 0 Å². The van der Waals surface area contributed by atoms with Crippen LogP contribution in [0.15, 0.2) is 0 Å². The minimum atomic E-state index is -0.0574. The molecule has 5 heteroatoms. The standard InChI is InChI=1S/C11H18N4O/c1-6-4-15(5-7(6)2)11(16)10-9(12)8(3)13-14-10/h6-7H,4-5,12H2,1-3H3,(H,13,14). The van der Waals surface area contributed by atoms with Crippen LogP contribution >= 0.6 is 0 Å². The van der Waals surface area contributed by atoms with Gasteiger partial charge in [-0.2, -0.15) is 5.10 Å². The van der Waals surface area contributed by atoms with Gasteiger partial charge in [0.05, 0.1) is 11.4 Å². The molecular weight excluding hydrogens is 204 g/mol. The van der Waals surface area contributed by atoms with Gasteiger partial charge >= 0.3 is 0 Å². The topological polar surface area (TPSA) is 75.0 Å². The molecule has 2 atom stereocenters. The fourth-order valence-corrected chi connectivity index (χ4v) is 2.05. The Hall–Kier alpha value is -1.52. The summed E-state index contributed by atoms with van der Waals surface area (Å²) in [5.41, 5.74) is 7.38. The van der Waals surface area contributed by atoms with Crippen LogP contribution in [0.3, 0.4) is 0 Å². The van der Waals surface area contributed by atoms with Crippen molar-refractivity contribution in [3.05, 3.63) is 11.4 Å². The first kappa shape index (κ1) is 11.0. The van der Waals surface area contributed by atoms with Crippen LogP contribution in [0.1, 0.15) is 30.0 Å². The van der Waals surface area contributed by atoms with Gasteiger partial charge < -0.3 is 10.6 Å². The van der Waals surface area contributed by atoms with Crippen molar-refractivity contribution in [3.63, 3.8) is 0 Å². The smallest absolute Gasteiger partial charge is 0.276 e. The summed E-state index contributed by atoms with van der Waals surface area (Å²) in [5, 5.41) is 6.71. The Morgan fingerprint density at radius 1 is 1.44 bits per heavy atom. The molecule has 1 aromatic rings. The van der Waals surface area contributed by atoms with E-state index < -0.39 is 0 Å². The number of nitrogens with two attached hydrogens (primary N) is 1. The van der Waals surface area contributed by atoms with Crippen LogP contribution in [-0.2, 0) is 0 Å². The third-order valence-corrected chi connectivity index (χ3v) is 3.47. The number of hydrogen-bond acceptors (Lipinski definition) is 3. The predicted octanol–water partition coefficient (Wildman–Crippen LogP) is 1.03. The molecule has 5 nitrogen and oxygen atoms in total. The van der Waals surface area contributed by atoms with Crippen molar-refractivity contribution in [2.75, 3.05) is 18.8 Å². The molecule has 88 valence electrons. The minimum absolute atomic E-state index is 0.0574. The molecule has 3 N–H and O–H groups in total. The Morgan fingerprint density at radius 2 is 2.00 bits per heavy atom. The number of hydrogen-bond donors (Lipinski definition) is 2. The lowest BCUT2D eigenvalue weighted by Crippen LogP contribution is -2.29. The van der Waals surface area contributed by atoms with Crippen molar-refractivity contribution in [3.8, 4) is 0 Å². The van der Waals surface area contributed by atoms with E-state index in [0.29, 0.717) is 23.2 Å². The van der Waals surface area contributed by atoms with E-state index in [1.807, 2.05) is 11.8 Å². The summed E-state index contributed by atoms with van der Waals surface area (Å²) in [5.74, 6) is 1.04. The number of nitrogens with zero attached hydrogens (tertiary/aromatic N) is 2. The molecule has 1 aliphatic heterocycles. The molecule has 0 aliphatic carbocycles. The zero-order chi connectivity index (χ0) is 11.9. The maximum absolute atomic E-state index is 12.1. The molecule has 0 spiro atoms. The van der Waals surface area contributed by atoms with Crippen molar-refractivity contribution >= 4 is 11.6 Å². The van der Waals surface area contributed by atoms with Crippen LogP contribution in [0, 0.1) is 18.8 Å². The molecule has 0 bridgehead atoms. The van der Waals surface area contributed by atoms with Gasteiger partial charge in [0.25, 0.3) is 5.91 Å². The number of nitrogens with one attached hydrogen (secondary N) is 1. The molecule has 1 saturated heterocycles. The lowest BCUT2D eigenvalue weighted by atomic mass is 10.0. The van der Waals surface area contributed by atoms with Gasteiger partial charge in [0.15, 0.2) is 5.69 Å². The largest absolute Gasteiger partial charge is 0.395 e. The number of amides is 1. The van der Waals surface area contributed by atoms with Crippen molar-refractivity contribution in [2.24, 2.45) is 11.8 Å². The van der Waals surface area contributed by atoms with E-state index in [1.165, 1.54) is 0 Å². The number of H-pyrrole nitrogens is 1. The summed E-state index contributed by atoms with van der Waals surface area (Å²) >= 11 is 0. The number of likely N-dealkylation sites (tertiary alicyclic amines) is 1. The molecule has 0 radical (unpaired) electrons. The second kappa shape index (κ2) is 3.81. The summed E-state index contributed by atoms with van der Waals surface area (Å²) in [6, 6.07) is 0. The summed E-state index contributed by atoms with van der Waals surface area (Å²) in [7, 11) is 0. The van der Waals surface area contributed by atoms with Crippen LogP contribution in [0.4, 0.5) is 5.69 Å². The average molecular weight is 222 g/mol. The lowest BCUT2D eigenvalue weighted by molar-refractivity contribution is 0.0780. The molecule has 1 amide bonds. The van der Waals surface area contributed by atoms with Gasteiger partial charge in [-0.15, -0.1) is 0 Å². The molecule has 0 saturated carbocycles. The number of nitrogen functional groups attached to an aromatic ring is 1. The van der Waals surface area contributed by atoms with Gasteiger partial charge in [-0.3, -0.25) is 9.89 Å². The third kappa shape index (κ3) is 1.66. The zero-order valence-corrected chi connectivity index (χ0v) is 9.95. The molecule has 0 aromatic carbocycles. The highest BCUT2D eigenvalue weighted by atomic mass is 16.2. The Balaban J connectivity index is 2.18. The Labute approximate surface area is 95.0 Å². The van der Waals surface area contributed by atoms with Crippen molar-refractivity contribution in [1.82, 2.24) is 15.1 Å². The minimum Gasteiger partial charge on any atom is -0.395 e. The molecule has 1 fully saturated rings. The summed E-state index contributed by atoms with van der Waals surface area (Å²) in [4.78, 5) is 14.0. The Bertz CT molecular complexity index is 402. The number of carbonyl (C=O) groups excluding carboxylic acids is 1. The van der Waals surface area contributed by atoms with E-state index >= 15 is 0 Å². The predicted molar refractivity (Wildman–Crippen MR) is 62.0 cm³/mol. The maximum atomic E-state index is 12.1. The highest BCUT2D eigenvalue weighted by Gasteiger charge is 2.31. The summed E-state index contributed by atoms with van der Waals surface area (Å²) in [6.07, 6.45) is 0. The first-order valence-electron chi connectivity index (χ1n) is 5.60. The molecule has 2 unspecified atom stereocenters. The molecule has 16 heavy (non-hydrogen) atoms. The van der Waals surface area contributed by atoms with Crippen LogP contribution in [-0.4, -0.2) is 34.1 Å². The molecular formula is C11H18N4O. The van der Waals surface area contributed by atoms with Crippen LogP contribution < -0.4 is 5.73 Å². The van der Waals surface area contributed by atoms with Crippen molar-refractivity contribution < 1.29 is 4.79 Å². The van der Waals surface area contributed by atoms with Gasteiger partial charge in [-0.1, -0.05) is 13.8 Å². The Morgan fingerprint density at radius 3 is 2.44 bits per heavy atom. The van der Waals surface area contributed by atoms with E-state index in [9.17, 15) is 4.79 Å². The second-order valence-electron chi connectivity index (χ2n) is 4.78. The van der Waals surface area contributed by atoms with E-state index in [4.69, 9.17) is 5.73 Å². The van der Waals surface area contributed by atoms with E-state index in [-0.39, 0.29) is 5.91 Å². The third-order valence-electron chi connectivity index (χ3n) is 3.47. The highest BCUT2D eigenvalue weighted by molar-refractivity contribution is 5.97. The van der Waals surface area contributed by atoms with Crippen molar-refractivity contribution in [2.45, 2.75) is 20.8 Å². The second-order valence-corrected chi connectivity index (χ2v) is 4.78. The SMILES string of the molecule is Cc1[nH]nc(C(=O)N2CC(C)C(C)C2)c1N. The fraction of sp³-hybridized carbons (Fsp3) is 0.636. The number of rotatable bonds is 1. The van der Waals surface area contributed by atoms with Crippen LogP contribution in [0.2, 0.25) is 0 Å². The van der Waals surface area contributed by atoms with Crippen LogP contribution in [0.5, 0.6) is 0 Å². The van der Waals surface area contributed by atoms with Gasteiger partial charge in [0.2, 0.25) is 0 Å². The first-order chi connectivity index (χ1) is 7.50. The number of aryl methyl sites for hydroxylation is 1. The van der Waals surface area contributed by atoms with Gasteiger partial charge in [-0.05, 0) is 18.8 Å². The van der Waals surface area contributed by atoms with E-state index in [2.05, 4.69) is 24.0 Å². The molecule has 2 rings (SSSR count). The normalized spacial score (nSPS) is 25.1.